The summed E-state index contributed by atoms with van der Waals surface area (Å²) in [6.07, 6.45) is 3.43. The topological polar surface area (TPSA) is 32.3 Å². The number of aryl methyl sites for hydroxylation is 1. The molecule has 1 aromatic rings. The van der Waals surface area contributed by atoms with Gasteiger partial charge in [-0.15, -0.1) is 0 Å². The second-order valence-electron chi connectivity index (χ2n) is 5.02. The summed E-state index contributed by atoms with van der Waals surface area (Å²) in [6, 6.07) is 2.00. The van der Waals surface area contributed by atoms with Gasteiger partial charge in [0.15, 0.2) is 0 Å². The van der Waals surface area contributed by atoms with E-state index in [1.807, 2.05) is 13.0 Å². The average molecular weight is 298 g/mol. The molecule has 2 rings (SSSR count). The fourth-order valence-corrected chi connectivity index (χ4v) is 3.13. The lowest BCUT2D eigenvalue weighted by Crippen LogP contribution is -2.28. The van der Waals surface area contributed by atoms with Gasteiger partial charge >= 0.3 is 0 Å². The molecular weight excluding hydrogens is 278 g/mol. The Morgan fingerprint density at radius 2 is 2.00 bits per heavy atom. The van der Waals surface area contributed by atoms with Crippen molar-refractivity contribution in [3.05, 3.63) is 27.2 Å². The van der Waals surface area contributed by atoms with E-state index in [0.29, 0.717) is 11.7 Å². The maximum Gasteiger partial charge on any atom is 0.122 e. The quantitative estimate of drug-likeness (QED) is 0.878. The highest BCUT2D eigenvalue weighted by Crippen LogP contribution is 2.34. The van der Waals surface area contributed by atoms with Crippen LogP contribution in [0.15, 0.2) is 10.5 Å². The van der Waals surface area contributed by atoms with Crippen molar-refractivity contribution in [3.8, 4) is 5.75 Å². The van der Waals surface area contributed by atoms with Crippen LogP contribution < -0.4 is 5.32 Å². The summed E-state index contributed by atoms with van der Waals surface area (Å²) < 4.78 is 1.11. The zero-order valence-electron chi connectivity index (χ0n) is 10.5. The molecule has 94 valence electrons. The lowest BCUT2D eigenvalue weighted by atomic mass is 9.88. The van der Waals surface area contributed by atoms with Crippen LogP contribution in [0, 0.1) is 19.8 Å². The van der Waals surface area contributed by atoms with Crippen LogP contribution in [-0.2, 0) is 6.42 Å². The van der Waals surface area contributed by atoms with E-state index in [0.717, 1.165) is 35.1 Å². The van der Waals surface area contributed by atoms with Gasteiger partial charge in [0.2, 0.25) is 0 Å². The number of nitrogens with one attached hydrogen (secondary N) is 1. The summed E-state index contributed by atoms with van der Waals surface area (Å²) in [5, 5.41) is 13.6. The molecule has 1 aromatic carbocycles. The van der Waals surface area contributed by atoms with Gasteiger partial charge in [0.25, 0.3) is 0 Å². The summed E-state index contributed by atoms with van der Waals surface area (Å²) in [5.74, 6) is 1.19. The molecule has 0 saturated carbocycles. The number of hydrogen-bond acceptors (Lipinski definition) is 2. The van der Waals surface area contributed by atoms with E-state index in [4.69, 9.17) is 0 Å². The zero-order chi connectivity index (χ0) is 12.4. The smallest absolute Gasteiger partial charge is 0.122 e. The molecule has 0 atom stereocenters. The lowest BCUT2D eigenvalue weighted by Gasteiger charge is -2.24. The van der Waals surface area contributed by atoms with Crippen molar-refractivity contribution in [2.24, 2.45) is 5.92 Å². The summed E-state index contributed by atoms with van der Waals surface area (Å²) in [6.45, 7) is 6.26. The molecule has 1 saturated heterocycles. The van der Waals surface area contributed by atoms with Gasteiger partial charge in [0.05, 0.1) is 0 Å². The molecule has 17 heavy (non-hydrogen) atoms. The molecule has 1 fully saturated rings. The number of halogens is 1. The van der Waals surface area contributed by atoms with Crippen molar-refractivity contribution in [1.29, 1.82) is 0 Å². The molecular formula is C14H20BrNO. The normalized spacial score (nSPS) is 17.4. The second-order valence-corrected chi connectivity index (χ2v) is 5.88. The van der Waals surface area contributed by atoms with Crippen molar-refractivity contribution >= 4 is 15.9 Å². The fourth-order valence-electron chi connectivity index (χ4n) is 2.55. The van der Waals surface area contributed by atoms with Gasteiger partial charge in [-0.25, -0.2) is 0 Å². The standard InChI is InChI=1S/C14H20BrNO/c1-9-7-13(15)10(2)12(14(9)17)8-11-3-5-16-6-4-11/h7,11,16-17H,3-6,8H2,1-2H3. The van der Waals surface area contributed by atoms with Crippen LogP contribution in [0.3, 0.4) is 0 Å². The van der Waals surface area contributed by atoms with Crippen molar-refractivity contribution in [1.82, 2.24) is 5.32 Å². The predicted molar refractivity (Wildman–Crippen MR) is 74.6 cm³/mol. The summed E-state index contributed by atoms with van der Waals surface area (Å²) in [5.41, 5.74) is 3.28. The zero-order valence-corrected chi connectivity index (χ0v) is 12.1. The van der Waals surface area contributed by atoms with Crippen LogP contribution in [0.2, 0.25) is 0 Å². The van der Waals surface area contributed by atoms with E-state index in [9.17, 15) is 5.11 Å². The number of rotatable bonds is 2. The Balaban J connectivity index is 2.24. The Kier molecular flexibility index (Phi) is 4.10. The number of benzene rings is 1. The van der Waals surface area contributed by atoms with E-state index in [-0.39, 0.29) is 0 Å². The van der Waals surface area contributed by atoms with Crippen molar-refractivity contribution < 1.29 is 5.11 Å². The largest absolute Gasteiger partial charge is 0.507 e. The molecule has 0 spiro atoms. The van der Waals surface area contributed by atoms with E-state index in [1.165, 1.54) is 18.4 Å². The van der Waals surface area contributed by atoms with Gasteiger partial charge < -0.3 is 10.4 Å². The number of aromatic hydroxyl groups is 1. The summed E-state index contributed by atoms with van der Waals surface area (Å²) in [4.78, 5) is 0. The predicted octanol–water partition coefficient (Wildman–Crippen LogP) is 3.31. The van der Waals surface area contributed by atoms with Gasteiger partial charge in [-0.1, -0.05) is 15.9 Å². The van der Waals surface area contributed by atoms with Crippen molar-refractivity contribution in [2.75, 3.05) is 13.1 Å². The van der Waals surface area contributed by atoms with Gasteiger partial charge in [0, 0.05) is 4.47 Å². The third-order valence-electron chi connectivity index (χ3n) is 3.77. The molecule has 3 heteroatoms. The third kappa shape index (κ3) is 2.83. The maximum atomic E-state index is 10.2. The SMILES string of the molecule is Cc1cc(Br)c(C)c(CC2CCNCC2)c1O. The Hall–Kier alpha value is -0.540. The Bertz CT molecular complexity index is 385. The molecule has 0 bridgehead atoms. The highest BCUT2D eigenvalue weighted by atomic mass is 79.9. The third-order valence-corrected chi connectivity index (χ3v) is 4.59. The lowest BCUT2D eigenvalue weighted by molar-refractivity contribution is 0.365. The average Bonchev–Trinajstić information content (AvgIpc) is 2.33. The minimum atomic E-state index is 0.490. The molecule has 1 aliphatic heterocycles. The van der Waals surface area contributed by atoms with Gasteiger partial charge in [-0.2, -0.15) is 0 Å². The minimum Gasteiger partial charge on any atom is -0.507 e. The molecule has 2 N–H and O–H groups in total. The molecule has 0 radical (unpaired) electrons. The van der Waals surface area contributed by atoms with E-state index >= 15 is 0 Å². The second kappa shape index (κ2) is 5.40. The Labute approximate surface area is 112 Å². The molecule has 1 heterocycles. The number of hydrogen-bond donors (Lipinski definition) is 2. The van der Waals surface area contributed by atoms with Crippen LogP contribution >= 0.6 is 15.9 Å². The van der Waals surface area contributed by atoms with Crippen LogP contribution in [0.4, 0.5) is 0 Å². The Morgan fingerprint density at radius 1 is 1.35 bits per heavy atom. The maximum absolute atomic E-state index is 10.2. The highest BCUT2D eigenvalue weighted by molar-refractivity contribution is 9.10. The molecule has 0 amide bonds. The van der Waals surface area contributed by atoms with E-state index < -0.39 is 0 Å². The van der Waals surface area contributed by atoms with Crippen LogP contribution in [0.25, 0.3) is 0 Å². The number of phenolic OH excluding ortho intramolecular Hbond substituents is 1. The van der Waals surface area contributed by atoms with Crippen molar-refractivity contribution in [2.45, 2.75) is 33.1 Å². The fraction of sp³-hybridized carbons (Fsp3) is 0.571. The van der Waals surface area contributed by atoms with Crippen LogP contribution in [-0.4, -0.2) is 18.2 Å². The van der Waals surface area contributed by atoms with Crippen molar-refractivity contribution in [3.63, 3.8) is 0 Å². The summed E-state index contributed by atoms with van der Waals surface area (Å²) >= 11 is 3.57. The molecule has 0 aromatic heterocycles. The highest BCUT2D eigenvalue weighted by Gasteiger charge is 2.18. The first-order valence-electron chi connectivity index (χ1n) is 6.28. The molecule has 0 unspecified atom stereocenters. The summed E-state index contributed by atoms with van der Waals surface area (Å²) in [7, 11) is 0. The number of phenols is 1. The molecule has 1 aliphatic rings. The van der Waals surface area contributed by atoms with Gasteiger partial charge in [0.1, 0.15) is 5.75 Å². The van der Waals surface area contributed by atoms with Gasteiger partial charge in [-0.05, 0) is 74.9 Å². The van der Waals surface area contributed by atoms with Crippen LogP contribution in [0.5, 0.6) is 5.75 Å². The number of piperidine rings is 1. The van der Waals surface area contributed by atoms with Gasteiger partial charge in [-0.3, -0.25) is 0 Å². The monoisotopic (exact) mass is 297 g/mol. The molecule has 2 nitrogen and oxygen atoms in total. The minimum absolute atomic E-state index is 0.490. The van der Waals surface area contributed by atoms with Crippen LogP contribution in [0.1, 0.15) is 29.5 Å². The first-order valence-corrected chi connectivity index (χ1v) is 7.07. The van der Waals surface area contributed by atoms with E-state index in [1.54, 1.807) is 0 Å². The first kappa shape index (κ1) is 12.9. The Morgan fingerprint density at radius 3 is 2.65 bits per heavy atom. The van der Waals surface area contributed by atoms with E-state index in [2.05, 4.69) is 28.2 Å². The first-order chi connectivity index (χ1) is 8.09. The molecule has 0 aliphatic carbocycles.